The molecule has 1 aromatic rings. The van der Waals surface area contributed by atoms with Crippen LogP contribution in [0.25, 0.3) is 0 Å². The number of hydrogen-bond donors (Lipinski definition) is 1. The van der Waals surface area contributed by atoms with Crippen molar-refractivity contribution in [3.05, 3.63) is 29.6 Å². The van der Waals surface area contributed by atoms with Crippen LogP contribution < -0.4 is 4.74 Å². The van der Waals surface area contributed by atoms with E-state index in [4.69, 9.17) is 9.84 Å². The zero-order chi connectivity index (χ0) is 12.4. The molecule has 92 valence electrons. The van der Waals surface area contributed by atoms with Crippen LogP contribution in [0.3, 0.4) is 0 Å². The van der Waals surface area contributed by atoms with Gasteiger partial charge in [0.25, 0.3) is 5.91 Å². The first kappa shape index (κ1) is 11.9. The summed E-state index contributed by atoms with van der Waals surface area (Å²) >= 11 is 0. The van der Waals surface area contributed by atoms with Crippen molar-refractivity contribution < 1.29 is 19.0 Å². The minimum absolute atomic E-state index is 0.0358. The Labute approximate surface area is 98.6 Å². The number of carbonyl (C=O) groups is 1. The van der Waals surface area contributed by atoms with E-state index >= 15 is 0 Å². The summed E-state index contributed by atoms with van der Waals surface area (Å²) < 4.78 is 18.6. The standard InChI is InChI=1S/C12H14FNO3/c1-17-10-4-2-3-9(13)11(10)12(16)14-5-8(6-14)7-15/h2-4,8,15H,5-7H2,1H3. The second kappa shape index (κ2) is 4.71. The topological polar surface area (TPSA) is 49.8 Å². The fourth-order valence-corrected chi connectivity index (χ4v) is 1.89. The van der Waals surface area contributed by atoms with E-state index in [1.807, 2.05) is 0 Å². The normalized spacial score (nSPS) is 15.6. The van der Waals surface area contributed by atoms with Crippen molar-refractivity contribution in [1.29, 1.82) is 0 Å². The average molecular weight is 239 g/mol. The lowest BCUT2D eigenvalue weighted by molar-refractivity contribution is 0.0355. The van der Waals surface area contributed by atoms with Gasteiger partial charge in [-0.2, -0.15) is 0 Å². The van der Waals surface area contributed by atoms with Gasteiger partial charge in [-0.25, -0.2) is 4.39 Å². The number of rotatable bonds is 3. The number of aliphatic hydroxyl groups excluding tert-OH is 1. The zero-order valence-electron chi connectivity index (χ0n) is 9.52. The van der Waals surface area contributed by atoms with E-state index in [9.17, 15) is 9.18 Å². The third kappa shape index (κ3) is 2.10. The number of methoxy groups -OCH3 is 1. The lowest BCUT2D eigenvalue weighted by Crippen LogP contribution is -2.51. The second-order valence-corrected chi connectivity index (χ2v) is 4.08. The van der Waals surface area contributed by atoms with Crippen LogP contribution in [0.15, 0.2) is 18.2 Å². The summed E-state index contributed by atoms with van der Waals surface area (Å²) in [7, 11) is 1.40. The highest BCUT2D eigenvalue weighted by Gasteiger charge is 2.33. The van der Waals surface area contributed by atoms with Crippen LogP contribution >= 0.6 is 0 Å². The molecule has 0 bridgehead atoms. The maximum Gasteiger partial charge on any atom is 0.260 e. The smallest absolute Gasteiger partial charge is 0.260 e. The highest BCUT2D eigenvalue weighted by Crippen LogP contribution is 2.26. The molecule has 1 aliphatic heterocycles. The lowest BCUT2D eigenvalue weighted by atomic mass is 9.99. The van der Waals surface area contributed by atoms with Crippen molar-refractivity contribution in [2.24, 2.45) is 5.92 Å². The third-order valence-electron chi connectivity index (χ3n) is 2.91. The lowest BCUT2D eigenvalue weighted by Gasteiger charge is -2.38. The number of aliphatic hydroxyl groups is 1. The van der Waals surface area contributed by atoms with Crippen LogP contribution in [-0.4, -0.2) is 42.7 Å². The van der Waals surface area contributed by atoms with Crippen LogP contribution in [0.4, 0.5) is 4.39 Å². The summed E-state index contributed by atoms with van der Waals surface area (Å²) in [6.07, 6.45) is 0. The van der Waals surface area contributed by atoms with Gasteiger partial charge >= 0.3 is 0 Å². The number of amides is 1. The molecule has 0 aromatic heterocycles. The van der Waals surface area contributed by atoms with Gasteiger partial charge in [0.2, 0.25) is 0 Å². The Hall–Kier alpha value is -1.62. The fourth-order valence-electron chi connectivity index (χ4n) is 1.89. The molecule has 1 saturated heterocycles. The molecule has 0 atom stereocenters. The van der Waals surface area contributed by atoms with E-state index in [-0.39, 0.29) is 29.7 Å². The molecule has 1 fully saturated rings. The molecule has 0 spiro atoms. The summed E-state index contributed by atoms with van der Waals surface area (Å²) in [5.74, 6) is -0.620. The monoisotopic (exact) mass is 239 g/mol. The number of hydrogen-bond acceptors (Lipinski definition) is 3. The van der Waals surface area contributed by atoms with Gasteiger partial charge in [-0.15, -0.1) is 0 Å². The molecule has 5 heteroatoms. The van der Waals surface area contributed by atoms with E-state index in [0.717, 1.165) is 0 Å². The van der Waals surface area contributed by atoms with Crippen molar-refractivity contribution in [3.63, 3.8) is 0 Å². The molecule has 2 rings (SSSR count). The average Bonchev–Trinajstić information content (AvgIpc) is 2.26. The van der Waals surface area contributed by atoms with E-state index in [1.54, 1.807) is 6.07 Å². The molecule has 4 nitrogen and oxygen atoms in total. The maximum atomic E-state index is 13.6. The quantitative estimate of drug-likeness (QED) is 0.852. The van der Waals surface area contributed by atoms with Crippen LogP contribution in [-0.2, 0) is 0 Å². The summed E-state index contributed by atoms with van der Waals surface area (Å²) in [6.45, 7) is 0.984. The van der Waals surface area contributed by atoms with Crippen LogP contribution in [0.5, 0.6) is 5.75 Å². The Morgan fingerprint density at radius 2 is 2.29 bits per heavy atom. The van der Waals surface area contributed by atoms with Crippen molar-refractivity contribution >= 4 is 5.91 Å². The SMILES string of the molecule is COc1cccc(F)c1C(=O)N1CC(CO)C1. The maximum absolute atomic E-state index is 13.6. The van der Waals surface area contributed by atoms with Gasteiger partial charge in [0, 0.05) is 25.6 Å². The summed E-state index contributed by atoms with van der Waals surface area (Å²) in [4.78, 5) is 13.5. The van der Waals surface area contributed by atoms with Crippen molar-refractivity contribution in [2.75, 3.05) is 26.8 Å². The predicted octanol–water partition coefficient (Wildman–Crippen LogP) is 0.899. The molecule has 0 saturated carbocycles. The third-order valence-corrected chi connectivity index (χ3v) is 2.91. The molecule has 0 aliphatic carbocycles. The Morgan fingerprint density at radius 1 is 1.59 bits per heavy atom. The van der Waals surface area contributed by atoms with E-state index in [0.29, 0.717) is 13.1 Å². The van der Waals surface area contributed by atoms with Gasteiger partial charge in [0.15, 0.2) is 0 Å². The Balaban J connectivity index is 2.20. The molecule has 1 heterocycles. The second-order valence-electron chi connectivity index (χ2n) is 4.08. The first-order valence-electron chi connectivity index (χ1n) is 5.40. The first-order chi connectivity index (χ1) is 8.17. The van der Waals surface area contributed by atoms with Gasteiger partial charge in [0.05, 0.1) is 7.11 Å². The van der Waals surface area contributed by atoms with E-state index in [2.05, 4.69) is 0 Å². The highest BCUT2D eigenvalue weighted by atomic mass is 19.1. The Kier molecular flexibility index (Phi) is 3.28. The summed E-state index contributed by atoms with van der Waals surface area (Å²) in [5.41, 5.74) is -0.0358. The van der Waals surface area contributed by atoms with E-state index < -0.39 is 5.82 Å². The highest BCUT2D eigenvalue weighted by molar-refractivity contribution is 5.97. The number of halogens is 1. The largest absolute Gasteiger partial charge is 0.496 e. The van der Waals surface area contributed by atoms with Gasteiger partial charge in [-0.05, 0) is 12.1 Å². The molecule has 1 aromatic carbocycles. The minimum atomic E-state index is -0.582. The summed E-state index contributed by atoms with van der Waals surface area (Å²) in [6, 6.07) is 4.29. The fraction of sp³-hybridized carbons (Fsp3) is 0.417. The van der Waals surface area contributed by atoms with Crippen molar-refractivity contribution in [3.8, 4) is 5.75 Å². The molecule has 1 aliphatic rings. The van der Waals surface area contributed by atoms with Crippen LogP contribution in [0.2, 0.25) is 0 Å². The van der Waals surface area contributed by atoms with Crippen LogP contribution in [0.1, 0.15) is 10.4 Å². The van der Waals surface area contributed by atoms with Crippen LogP contribution in [0, 0.1) is 11.7 Å². The zero-order valence-corrected chi connectivity index (χ0v) is 9.52. The predicted molar refractivity (Wildman–Crippen MR) is 59.4 cm³/mol. The number of benzene rings is 1. The van der Waals surface area contributed by atoms with E-state index in [1.165, 1.54) is 24.1 Å². The van der Waals surface area contributed by atoms with Gasteiger partial charge in [0.1, 0.15) is 17.1 Å². The van der Waals surface area contributed by atoms with Gasteiger partial charge in [-0.1, -0.05) is 6.07 Å². The number of likely N-dealkylation sites (tertiary alicyclic amines) is 1. The molecule has 1 amide bonds. The molecule has 17 heavy (non-hydrogen) atoms. The van der Waals surface area contributed by atoms with Gasteiger partial charge in [-0.3, -0.25) is 4.79 Å². The number of ether oxygens (including phenoxy) is 1. The molecule has 1 N–H and O–H groups in total. The first-order valence-corrected chi connectivity index (χ1v) is 5.40. The Morgan fingerprint density at radius 3 is 2.88 bits per heavy atom. The molecular weight excluding hydrogens is 225 g/mol. The molecule has 0 unspecified atom stereocenters. The van der Waals surface area contributed by atoms with Crippen molar-refractivity contribution in [1.82, 2.24) is 4.90 Å². The van der Waals surface area contributed by atoms with Crippen molar-refractivity contribution in [2.45, 2.75) is 0 Å². The van der Waals surface area contributed by atoms with Gasteiger partial charge < -0.3 is 14.7 Å². The minimum Gasteiger partial charge on any atom is -0.496 e. The molecule has 0 radical (unpaired) electrons. The summed E-state index contributed by atoms with van der Waals surface area (Å²) in [5, 5.41) is 8.87. The Bertz CT molecular complexity index is 430. The number of carbonyl (C=O) groups excluding carboxylic acids is 1. The molecular formula is C12H14FNO3. The number of nitrogens with zero attached hydrogens (tertiary/aromatic N) is 1.